The summed E-state index contributed by atoms with van der Waals surface area (Å²) in [6.07, 6.45) is 10.8. The molecule has 12 heteroatoms. The molecule has 0 spiro atoms. The molecule has 1 aliphatic heterocycles. The molecule has 40 heavy (non-hydrogen) atoms. The molecule has 1 saturated heterocycles. The van der Waals surface area contributed by atoms with Gasteiger partial charge in [0.15, 0.2) is 5.82 Å². The van der Waals surface area contributed by atoms with Crippen LogP contribution in [0.2, 0.25) is 0 Å². The number of fused-ring (bicyclic) bond motifs is 1. The summed E-state index contributed by atoms with van der Waals surface area (Å²) < 4.78 is 17.0. The van der Waals surface area contributed by atoms with Crippen molar-refractivity contribution in [2.45, 2.75) is 25.4 Å². The fraction of sp³-hybridized carbons (Fsp3) is 0.321. The van der Waals surface area contributed by atoms with Gasteiger partial charge >= 0.3 is 0 Å². The van der Waals surface area contributed by atoms with Crippen molar-refractivity contribution in [1.29, 1.82) is 0 Å². The van der Waals surface area contributed by atoms with Gasteiger partial charge in [0.05, 0.1) is 24.4 Å². The Morgan fingerprint density at radius 1 is 0.925 bits per heavy atom. The highest BCUT2D eigenvalue weighted by molar-refractivity contribution is 5.77. The van der Waals surface area contributed by atoms with Crippen molar-refractivity contribution < 1.29 is 9.50 Å². The monoisotopic (exact) mass is 542 g/mol. The summed E-state index contributed by atoms with van der Waals surface area (Å²) in [6, 6.07) is 8.16. The molecule has 0 bridgehead atoms. The van der Waals surface area contributed by atoms with Crippen LogP contribution in [0.4, 0.5) is 16.2 Å². The van der Waals surface area contributed by atoms with E-state index in [9.17, 15) is 9.50 Å². The molecular formula is C28H31FN10O. The molecule has 0 aliphatic carbocycles. The van der Waals surface area contributed by atoms with Crippen molar-refractivity contribution in [1.82, 2.24) is 34.3 Å². The van der Waals surface area contributed by atoms with Gasteiger partial charge in [-0.2, -0.15) is 10.2 Å². The summed E-state index contributed by atoms with van der Waals surface area (Å²) in [7, 11) is 0. The Kier molecular flexibility index (Phi) is 6.64. The minimum absolute atomic E-state index is 0.0258. The third-order valence-electron chi connectivity index (χ3n) is 7.58. The van der Waals surface area contributed by atoms with Gasteiger partial charge in [-0.1, -0.05) is 12.1 Å². The van der Waals surface area contributed by atoms with Crippen LogP contribution in [0.15, 0.2) is 67.6 Å². The number of aliphatic hydroxyl groups excluding tert-OH is 1. The number of hydrogen-bond donors (Lipinski definition) is 2. The molecule has 1 fully saturated rings. The second-order valence-corrected chi connectivity index (χ2v) is 10.3. The van der Waals surface area contributed by atoms with E-state index in [1.54, 1.807) is 41.7 Å². The number of hydrogen-bond acceptors (Lipinski definition) is 9. The maximum absolute atomic E-state index is 13.4. The Balaban J connectivity index is 1.16. The smallest absolute Gasteiger partial charge is 0.225 e. The lowest BCUT2D eigenvalue weighted by molar-refractivity contribution is 0.230. The molecule has 0 radical (unpaired) electrons. The number of aliphatic hydroxyl groups is 1. The number of rotatable bonds is 7. The maximum Gasteiger partial charge on any atom is 0.225 e. The van der Waals surface area contributed by atoms with Crippen LogP contribution in [0.3, 0.4) is 0 Å². The lowest BCUT2D eigenvalue weighted by Crippen LogP contribution is -2.47. The van der Waals surface area contributed by atoms with E-state index in [-0.39, 0.29) is 18.5 Å². The van der Waals surface area contributed by atoms with Gasteiger partial charge in [0.25, 0.3) is 0 Å². The van der Waals surface area contributed by atoms with Gasteiger partial charge in [0.1, 0.15) is 17.7 Å². The van der Waals surface area contributed by atoms with Crippen molar-refractivity contribution in [2.24, 2.45) is 5.73 Å². The van der Waals surface area contributed by atoms with E-state index in [2.05, 4.69) is 41.0 Å². The number of piperazine rings is 1. The zero-order valence-corrected chi connectivity index (χ0v) is 22.4. The first kappa shape index (κ1) is 25.8. The van der Waals surface area contributed by atoms with E-state index in [1.807, 2.05) is 30.8 Å². The predicted molar refractivity (Wildman–Crippen MR) is 150 cm³/mol. The number of anilines is 2. The van der Waals surface area contributed by atoms with Crippen molar-refractivity contribution in [3.63, 3.8) is 0 Å². The molecule has 0 saturated carbocycles. The number of nitrogens with zero attached hydrogens (tertiary/aromatic N) is 9. The molecular weight excluding hydrogens is 511 g/mol. The molecule has 1 aromatic carbocycles. The minimum Gasteiger partial charge on any atom is -0.394 e. The van der Waals surface area contributed by atoms with Gasteiger partial charge in [0, 0.05) is 67.7 Å². The quantitative estimate of drug-likeness (QED) is 0.319. The Morgan fingerprint density at radius 2 is 1.62 bits per heavy atom. The molecule has 2 atom stereocenters. The predicted octanol–water partition coefficient (Wildman–Crippen LogP) is 2.62. The van der Waals surface area contributed by atoms with Gasteiger partial charge in [-0.3, -0.25) is 4.68 Å². The standard InChI is InChI=1S/C28H31FN10O/c1-19(17-40)38-16-21(12-34-38)20-11-25-26(33-18-35-39(25)15-20)36-7-9-37(10-8-36)27-31-13-23(14-32-27)28(2,30)22-3-5-24(29)6-4-22/h3-6,11-16,18-19,40H,7-10,17,30H2,1-2H3/t19-,28?/m1/s1. The molecule has 1 unspecified atom stereocenters. The van der Waals surface area contributed by atoms with E-state index in [0.717, 1.165) is 59.8 Å². The summed E-state index contributed by atoms with van der Waals surface area (Å²) in [5, 5.41) is 18.2. The van der Waals surface area contributed by atoms with Crippen LogP contribution >= 0.6 is 0 Å². The molecule has 4 aromatic heterocycles. The SMILES string of the molecule is C[C@H](CO)n1cc(-c2cc3c(N4CCN(c5ncc(C(C)(N)c6ccc(F)cc6)cn5)CC4)ncnn3c2)cn1. The molecule has 5 heterocycles. The number of aromatic nitrogens is 7. The van der Waals surface area contributed by atoms with E-state index < -0.39 is 5.54 Å². The van der Waals surface area contributed by atoms with Crippen LogP contribution in [-0.2, 0) is 5.54 Å². The van der Waals surface area contributed by atoms with Gasteiger partial charge in [-0.25, -0.2) is 23.9 Å². The minimum atomic E-state index is -0.838. The van der Waals surface area contributed by atoms with Crippen molar-refractivity contribution in [3.8, 4) is 11.1 Å². The second-order valence-electron chi connectivity index (χ2n) is 10.3. The van der Waals surface area contributed by atoms with E-state index in [1.165, 1.54) is 12.1 Å². The number of halogens is 1. The summed E-state index contributed by atoms with van der Waals surface area (Å²) in [4.78, 5) is 18.2. The van der Waals surface area contributed by atoms with Crippen LogP contribution in [-0.4, -0.2) is 72.2 Å². The molecule has 1 aliphatic rings. The summed E-state index contributed by atoms with van der Waals surface area (Å²) in [5.41, 5.74) is 10.1. The largest absolute Gasteiger partial charge is 0.394 e. The molecule has 3 N–H and O–H groups in total. The Hall–Kier alpha value is -4.42. The van der Waals surface area contributed by atoms with Gasteiger partial charge in [-0.05, 0) is 37.6 Å². The average molecular weight is 543 g/mol. The fourth-order valence-corrected chi connectivity index (χ4v) is 4.96. The van der Waals surface area contributed by atoms with Crippen LogP contribution in [0.5, 0.6) is 0 Å². The van der Waals surface area contributed by atoms with Gasteiger partial charge < -0.3 is 20.6 Å². The Morgan fingerprint density at radius 3 is 2.33 bits per heavy atom. The summed E-state index contributed by atoms with van der Waals surface area (Å²) >= 11 is 0. The lowest BCUT2D eigenvalue weighted by atomic mass is 9.87. The van der Waals surface area contributed by atoms with E-state index in [4.69, 9.17) is 5.73 Å². The first-order chi connectivity index (χ1) is 19.3. The summed E-state index contributed by atoms with van der Waals surface area (Å²) in [5.74, 6) is 1.21. The molecule has 206 valence electrons. The van der Waals surface area contributed by atoms with Crippen LogP contribution in [0.1, 0.15) is 31.0 Å². The van der Waals surface area contributed by atoms with Gasteiger partial charge in [-0.15, -0.1) is 0 Å². The number of nitrogens with two attached hydrogens (primary N) is 1. The number of benzene rings is 1. The third-order valence-corrected chi connectivity index (χ3v) is 7.58. The van der Waals surface area contributed by atoms with Crippen molar-refractivity contribution in [3.05, 3.63) is 84.6 Å². The zero-order chi connectivity index (χ0) is 27.9. The van der Waals surface area contributed by atoms with Crippen LogP contribution in [0, 0.1) is 5.82 Å². The Labute approximate surface area is 230 Å². The van der Waals surface area contributed by atoms with E-state index >= 15 is 0 Å². The first-order valence-corrected chi connectivity index (χ1v) is 13.2. The topological polar surface area (TPSA) is 127 Å². The fourth-order valence-electron chi connectivity index (χ4n) is 4.96. The zero-order valence-electron chi connectivity index (χ0n) is 22.4. The van der Waals surface area contributed by atoms with Crippen LogP contribution < -0.4 is 15.5 Å². The highest BCUT2D eigenvalue weighted by atomic mass is 19.1. The van der Waals surface area contributed by atoms with E-state index in [0.29, 0.717) is 5.95 Å². The molecule has 11 nitrogen and oxygen atoms in total. The average Bonchev–Trinajstić information content (AvgIpc) is 3.65. The highest BCUT2D eigenvalue weighted by Crippen LogP contribution is 2.29. The normalized spacial score (nSPS) is 16.3. The van der Waals surface area contributed by atoms with Gasteiger partial charge in [0.2, 0.25) is 5.95 Å². The second kappa shape index (κ2) is 10.3. The lowest BCUT2D eigenvalue weighted by Gasteiger charge is -2.35. The third kappa shape index (κ3) is 4.75. The Bertz CT molecular complexity index is 1600. The highest BCUT2D eigenvalue weighted by Gasteiger charge is 2.26. The maximum atomic E-state index is 13.4. The molecule has 6 rings (SSSR count). The van der Waals surface area contributed by atoms with Crippen molar-refractivity contribution >= 4 is 17.3 Å². The summed E-state index contributed by atoms with van der Waals surface area (Å²) in [6.45, 7) is 6.76. The first-order valence-electron chi connectivity index (χ1n) is 13.2. The molecule has 0 amide bonds. The van der Waals surface area contributed by atoms with Crippen LogP contribution in [0.25, 0.3) is 16.6 Å². The van der Waals surface area contributed by atoms with Crippen molar-refractivity contribution in [2.75, 3.05) is 42.6 Å². The molecule has 5 aromatic rings.